The minimum absolute atomic E-state index is 0.0934. The zero-order valence-electron chi connectivity index (χ0n) is 8.77. The minimum atomic E-state index is -5.81. The van der Waals surface area contributed by atoms with Gasteiger partial charge in [0.25, 0.3) is 0 Å². The SMILES string of the molecule is FC(F)(F)C(F)(F)c1nc(Cl)c2cccc(Cl)c2n1. The molecular formula is C10H3Cl2F5N2. The molecule has 1 aromatic carbocycles. The first-order chi connectivity index (χ1) is 8.64. The van der Waals surface area contributed by atoms with E-state index in [-0.39, 0.29) is 15.9 Å². The van der Waals surface area contributed by atoms with Gasteiger partial charge in [0.1, 0.15) is 5.15 Å². The average molecular weight is 317 g/mol. The molecule has 19 heavy (non-hydrogen) atoms. The van der Waals surface area contributed by atoms with E-state index in [4.69, 9.17) is 23.2 Å². The van der Waals surface area contributed by atoms with Gasteiger partial charge in [-0.25, -0.2) is 9.97 Å². The van der Waals surface area contributed by atoms with Gasteiger partial charge >= 0.3 is 12.1 Å². The molecule has 1 heterocycles. The van der Waals surface area contributed by atoms with Crippen LogP contribution in [0.3, 0.4) is 0 Å². The number of rotatable bonds is 1. The van der Waals surface area contributed by atoms with Crippen molar-refractivity contribution in [3.8, 4) is 0 Å². The van der Waals surface area contributed by atoms with Crippen LogP contribution in [0.25, 0.3) is 10.9 Å². The number of benzene rings is 1. The zero-order valence-corrected chi connectivity index (χ0v) is 10.3. The maximum Gasteiger partial charge on any atom is 0.461 e. The summed E-state index contributed by atoms with van der Waals surface area (Å²) < 4.78 is 63.0. The van der Waals surface area contributed by atoms with Gasteiger partial charge in [0.2, 0.25) is 5.82 Å². The standard InChI is InChI=1S/C10H3Cl2F5N2/c11-5-3-1-2-4-6(5)18-8(19-7(4)12)9(13,14)10(15,16)17/h1-3H. The summed E-state index contributed by atoms with van der Waals surface area (Å²) in [6.07, 6.45) is -5.81. The van der Waals surface area contributed by atoms with Crippen LogP contribution in [0.15, 0.2) is 18.2 Å². The fourth-order valence-corrected chi connectivity index (χ4v) is 1.80. The van der Waals surface area contributed by atoms with Crippen LogP contribution in [0.2, 0.25) is 10.2 Å². The van der Waals surface area contributed by atoms with Crippen molar-refractivity contribution in [2.24, 2.45) is 0 Å². The topological polar surface area (TPSA) is 25.8 Å². The monoisotopic (exact) mass is 316 g/mol. The van der Waals surface area contributed by atoms with E-state index in [1.807, 2.05) is 0 Å². The number of hydrogen-bond acceptors (Lipinski definition) is 2. The highest BCUT2D eigenvalue weighted by atomic mass is 35.5. The molecule has 102 valence electrons. The van der Waals surface area contributed by atoms with Crippen molar-refractivity contribution in [1.29, 1.82) is 0 Å². The number of nitrogens with zero attached hydrogens (tertiary/aromatic N) is 2. The van der Waals surface area contributed by atoms with E-state index in [0.717, 1.165) is 0 Å². The smallest absolute Gasteiger partial charge is 0.225 e. The molecule has 0 saturated heterocycles. The first kappa shape index (κ1) is 14.2. The lowest BCUT2D eigenvalue weighted by atomic mass is 10.2. The van der Waals surface area contributed by atoms with Crippen LogP contribution in [0.1, 0.15) is 5.82 Å². The predicted octanol–water partition coefficient (Wildman–Crippen LogP) is 4.59. The summed E-state index contributed by atoms with van der Waals surface area (Å²) in [5.74, 6) is -6.94. The molecule has 0 saturated carbocycles. The third-order valence-electron chi connectivity index (χ3n) is 2.27. The van der Waals surface area contributed by atoms with Gasteiger partial charge in [-0.1, -0.05) is 29.3 Å². The first-order valence-corrected chi connectivity index (χ1v) is 5.47. The van der Waals surface area contributed by atoms with E-state index in [1.54, 1.807) is 0 Å². The Hall–Kier alpha value is -1.21. The fraction of sp³-hybridized carbons (Fsp3) is 0.200. The molecule has 2 aromatic rings. The molecule has 0 bridgehead atoms. The summed E-state index contributed by atoms with van der Waals surface area (Å²) in [4.78, 5) is 6.18. The Labute approximate surface area is 113 Å². The number of fused-ring (bicyclic) bond motifs is 1. The third kappa shape index (κ3) is 2.32. The van der Waals surface area contributed by atoms with Crippen molar-refractivity contribution in [3.05, 3.63) is 34.2 Å². The van der Waals surface area contributed by atoms with E-state index in [1.165, 1.54) is 18.2 Å². The van der Waals surface area contributed by atoms with Gasteiger partial charge in [-0.05, 0) is 12.1 Å². The second-order valence-corrected chi connectivity index (χ2v) is 4.31. The highest BCUT2D eigenvalue weighted by molar-refractivity contribution is 6.38. The molecule has 0 radical (unpaired) electrons. The van der Waals surface area contributed by atoms with Crippen LogP contribution in [-0.4, -0.2) is 16.1 Å². The van der Waals surface area contributed by atoms with Crippen LogP contribution in [0, 0.1) is 0 Å². The molecule has 0 amide bonds. The van der Waals surface area contributed by atoms with Crippen molar-refractivity contribution in [2.75, 3.05) is 0 Å². The second-order valence-electron chi connectivity index (χ2n) is 3.55. The number of para-hydroxylation sites is 1. The highest BCUT2D eigenvalue weighted by Gasteiger charge is 2.61. The molecule has 0 fully saturated rings. The number of aromatic nitrogens is 2. The summed E-state index contributed by atoms with van der Waals surface area (Å²) >= 11 is 11.3. The Morgan fingerprint density at radius 2 is 1.58 bits per heavy atom. The number of halogens is 7. The molecule has 9 heteroatoms. The van der Waals surface area contributed by atoms with Crippen molar-refractivity contribution in [1.82, 2.24) is 9.97 Å². The summed E-state index contributed by atoms with van der Waals surface area (Å²) in [6, 6.07) is 4.10. The minimum Gasteiger partial charge on any atom is -0.225 e. The molecule has 2 nitrogen and oxygen atoms in total. The van der Waals surface area contributed by atoms with Gasteiger partial charge in [0, 0.05) is 5.39 Å². The Kier molecular flexibility index (Phi) is 3.30. The van der Waals surface area contributed by atoms with Crippen LogP contribution in [-0.2, 0) is 5.92 Å². The Balaban J connectivity index is 2.74. The van der Waals surface area contributed by atoms with Crippen LogP contribution in [0.5, 0.6) is 0 Å². The Morgan fingerprint density at radius 1 is 0.947 bits per heavy atom. The summed E-state index contributed by atoms with van der Waals surface area (Å²) in [7, 11) is 0. The van der Waals surface area contributed by atoms with Crippen LogP contribution < -0.4 is 0 Å². The van der Waals surface area contributed by atoms with E-state index < -0.39 is 23.1 Å². The lowest BCUT2D eigenvalue weighted by molar-refractivity contribution is -0.292. The van der Waals surface area contributed by atoms with Crippen molar-refractivity contribution in [3.63, 3.8) is 0 Å². The molecule has 0 spiro atoms. The molecule has 1 aromatic heterocycles. The van der Waals surface area contributed by atoms with E-state index in [0.29, 0.717) is 0 Å². The van der Waals surface area contributed by atoms with Gasteiger partial charge in [-0.15, -0.1) is 0 Å². The molecule has 0 N–H and O–H groups in total. The summed E-state index contributed by atoms with van der Waals surface area (Å²) in [6.45, 7) is 0. The molecule has 0 aliphatic rings. The molecular weight excluding hydrogens is 314 g/mol. The molecule has 2 rings (SSSR count). The van der Waals surface area contributed by atoms with Gasteiger partial charge in [0.15, 0.2) is 0 Å². The first-order valence-electron chi connectivity index (χ1n) is 4.71. The van der Waals surface area contributed by atoms with Gasteiger partial charge in [-0.3, -0.25) is 0 Å². The lowest BCUT2D eigenvalue weighted by Crippen LogP contribution is -2.35. The second kappa shape index (κ2) is 4.42. The van der Waals surface area contributed by atoms with Crippen LogP contribution in [0.4, 0.5) is 22.0 Å². The summed E-state index contributed by atoms with van der Waals surface area (Å²) in [5, 5.41) is -0.525. The van der Waals surface area contributed by atoms with E-state index >= 15 is 0 Å². The normalized spacial score (nSPS) is 13.0. The summed E-state index contributed by atoms with van der Waals surface area (Å²) in [5.41, 5.74) is -0.261. The maximum absolute atomic E-state index is 13.2. The van der Waals surface area contributed by atoms with Gasteiger partial charge < -0.3 is 0 Å². The lowest BCUT2D eigenvalue weighted by Gasteiger charge is -2.18. The van der Waals surface area contributed by atoms with Crippen molar-refractivity contribution < 1.29 is 22.0 Å². The van der Waals surface area contributed by atoms with E-state index in [9.17, 15) is 22.0 Å². The molecule has 0 atom stereocenters. The van der Waals surface area contributed by atoms with Crippen LogP contribution >= 0.6 is 23.2 Å². The molecule has 0 aliphatic carbocycles. The Bertz CT molecular complexity index is 642. The number of alkyl halides is 5. The highest BCUT2D eigenvalue weighted by Crippen LogP contribution is 2.43. The van der Waals surface area contributed by atoms with Gasteiger partial charge in [0.05, 0.1) is 10.5 Å². The largest absolute Gasteiger partial charge is 0.461 e. The quantitative estimate of drug-likeness (QED) is 0.568. The predicted molar refractivity (Wildman–Crippen MR) is 59.5 cm³/mol. The average Bonchev–Trinajstić information content (AvgIpc) is 2.28. The van der Waals surface area contributed by atoms with Gasteiger partial charge in [-0.2, -0.15) is 22.0 Å². The van der Waals surface area contributed by atoms with Crippen molar-refractivity contribution >= 4 is 34.1 Å². The Morgan fingerprint density at radius 3 is 2.16 bits per heavy atom. The zero-order chi connectivity index (χ0) is 14.4. The van der Waals surface area contributed by atoms with Crippen molar-refractivity contribution in [2.45, 2.75) is 12.1 Å². The fourth-order valence-electron chi connectivity index (χ4n) is 1.35. The van der Waals surface area contributed by atoms with E-state index in [2.05, 4.69) is 9.97 Å². The number of hydrogen-bond donors (Lipinski definition) is 0. The maximum atomic E-state index is 13.2. The third-order valence-corrected chi connectivity index (χ3v) is 2.86. The molecule has 0 unspecified atom stereocenters. The molecule has 0 aliphatic heterocycles.